The highest BCUT2D eigenvalue weighted by Crippen LogP contribution is 2.30. The molecule has 1 aromatic carbocycles. The highest BCUT2D eigenvalue weighted by atomic mass is 19.2. The molecule has 0 amide bonds. The lowest BCUT2D eigenvalue weighted by Crippen LogP contribution is -2.43. The first-order chi connectivity index (χ1) is 9.04. The van der Waals surface area contributed by atoms with Crippen molar-refractivity contribution in [1.82, 2.24) is 4.90 Å². The van der Waals surface area contributed by atoms with E-state index in [0.717, 1.165) is 25.6 Å². The molecule has 1 aromatic rings. The van der Waals surface area contributed by atoms with Gasteiger partial charge in [-0.1, -0.05) is 26.0 Å². The lowest BCUT2D eigenvalue weighted by atomic mass is 9.87. The maximum atomic E-state index is 13.9. The summed E-state index contributed by atoms with van der Waals surface area (Å²) in [4.78, 5) is 2.18. The Labute approximate surface area is 113 Å². The quantitative estimate of drug-likeness (QED) is 0.913. The highest BCUT2D eigenvalue weighted by Gasteiger charge is 2.29. The lowest BCUT2D eigenvalue weighted by Gasteiger charge is -2.40. The van der Waals surface area contributed by atoms with Crippen LogP contribution in [0.5, 0.6) is 0 Å². The maximum Gasteiger partial charge on any atom is 0.163 e. The molecule has 1 saturated heterocycles. The van der Waals surface area contributed by atoms with Gasteiger partial charge in [0.2, 0.25) is 0 Å². The monoisotopic (exact) mass is 268 g/mol. The average Bonchev–Trinajstić information content (AvgIpc) is 2.39. The summed E-state index contributed by atoms with van der Waals surface area (Å²) in [7, 11) is 0. The van der Waals surface area contributed by atoms with Crippen molar-refractivity contribution in [2.24, 2.45) is 17.6 Å². The summed E-state index contributed by atoms with van der Waals surface area (Å²) in [6.07, 6.45) is 1.08. The van der Waals surface area contributed by atoms with Crippen LogP contribution >= 0.6 is 0 Å². The molecule has 0 radical (unpaired) electrons. The van der Waals surface area contributed by atoms with Crippen LogP contribution in [0.25, 0.3) is 0 Å². The molecular formula is C15H22F2N2. The fraction of sp³-hybridized carbons (Fsp3) is 0.600. The van der Waals surface area contributed by atoms with E-state index < -0.39 is 11.6 Å². The zero-order valence-corrected chi connectivity index (χ0v) is 11.6. The van der Waals surface area contributed by atoms with Crippen LogP contribution in [-0.2, 0) is 0 Å². The minimum atomic E-state index is -0.797. The number of halogens is 2. The van der Waals surface area contributed by atoms with Crippen molar-refractivity contribution in [2.75, 3.05) is 19.6 Å². The smallest absolute Gasteiger partial charge is 0.163 e. The van der Waals surface area contributed by atoms with Crippen LogP contribution in [0.15, 0.2) is 18.2 Å². The summed E-state index contributed by atoms with van der Waals surface area (Å²) in [5, 5.41) is 0. The molecule has 0 bridgehead atoms. The Morgan fingerprint density at radius 1 is 1.32 bits per heavy atom. The number of piperidine rings is 1. The van der Waals surface area contributed by atoms with Crippen LogP contribution in [0.2, 0.25) is 0 Å². The first-order valence-electron chi connectivity index (χ1n) is 6.92. The van der Waals surface area contributed by atoms with Crippen LogP contribution in [0.4, 0.5) is 8.78 Å². The van der Waals surface area contributed by atoms with Gasteiger partial charge in [0.1, 0.15) is 0 Å². The summed E-state index contributed by atoms with van der Waals surface area (Å²) in [6.45, 7) is 6.53. The van der Waals surface area contributed by atoms with Crippen molar-refractivity contribution in [3.05, 3.63) is 35.4 Å². The second-order valence-corrected chi connectivity index (χ2v) is 5.63. The molecule has 0 aliphatic carbocycles. The van der Waals surface area contributed by atoms with Gasteiger partial charge < -0.3 is 5.73 Å². The number of hydrogen-bond acceptors (Lipinski definition) is 2. The number of hydrogen-bond donors (Lipinski definition) is 1. The molecule has 2 nitrogen and oxygen atoms in total. The standard InChI is InChI=1S/C15H22F2N2/c1-10-6-7-19(9-11(10)2)14(8-18)12-4-3-5-13(16)15(12)17/h3-5,10-11,14H,6-9,18H2,1-2H3. The largest absolute Gasteiger partial charge is 0.329 e. The predicted octanol–water partition coefficient (Wildman–Crippen LogP) is 2.94. The molecule has 0 saturated carbocycles. The minimum absolute atomic E-state index is 0.231. The maximum absolute atomic E-state index is 13.9. The van der Waals surface area contributed by atoms with Gasteiger partial charge >= 0.3 is 0 Å². The second-order valence-electron chi connectivity index (χ2n) is 5.63. The fourth-order valence-electron chi connectivity index (χ4n) is 2.83. The van der Waals surface area contributed by atoms with E-state index in [-0.39, 0.29) is 6.04 Å². The second kappa shape index (κ2) is 5.97. The molecule has 1 fully saturated rings. The Morgan fingerprint density at radius 2 is 2.05 bits per heavy atom. The van der Waals surface area contributed by atoms with Crippen molar-refractivity contribution >= 4 is 0 Å². The first kappa shape index (κ1) is 14.4. The van der Waals surface area contributed by atoms with Crippen molar-refractivity contribution < 1.29 is 8.78 Å². The summed E-state index contributed by atoms with van der Waals surface area (Å²) in [5.74, 6) is -0.329. The number of rotatable bonds is 3. The third-order valence-electron chi connectivity index (χ3n) is 4.37. The molecule has 1 aliphatic rings. The normalized spacial score (nSPS) is 26.4. The third kappa shape index (κ3) is 2.95. The molecule has 4 heteroatoms. The van der Waals surface area contributed by atoms with Gasteiger partial charge in [-0.05, 0) is 30.9 Å². The lowest BCUT2D eigenvalue weighted by molar-refractivity contribution is 0.0963. The van der Waals surface area contributed by atoms with Gasteiger partial charge in [-0.3, -0.25) is 4.90 Å². The SMILES string of the molecule is CC1CCN(C(CN)c2cccc(F)c2F)CC1C. The molecular weight excluding hydrogens is 246 g/mol. The predicted molar refractivity (Wildman–Crippen MR) is 72.7 cm³/mol. The van der Waals surface area contributed by atoms with Crippen LogP contribution in [0.1, 0.15) is 31.9 Å². The molecule has 2 rings (SSSR count). The van der Waals surface area contributed by atoms with E-state index in [1.54, 1.807) is 12.1 Å². The van der Waals surface area contributed by atoms with E-state index in [0.29, 0.717) is 23.9 Å². The molecule has 3 unspecified atom stereocenters. The summed E-state index contributed by atoms with van der Waals surface area (Å²) < 4.78 is 27.3. The topological polar surface area (TPSA) is 29.3 Å². The van der Waals surface area contributed by atoms with Gasteiger partial charge in [-0.15, -0.1) is 0 Å². The van der Waals surface area contributed by atoms with E-state index in [1.165, 1.54) is 0 Å². The first-order valence-corrected chi connectivity index (χ1v) is 6.92. The molecule has 0 aromatic heterocycles. The van der Waals surface area contributed by atoms with Crippen LogP contribution < -0.4 is 5.73 Å². The van der Waals surface area contributed by atoms with Gasteiger partial charge in [0, 0.05) is 18.7 Å². The van der Waals surface area contributed by atoms with Crippen molar-refractivity contribution in [1.29, 1.82) is 0 Å². The van der Waals surface area contributed by atoms with Crippen molar-refractivity contribution in [3.63, 3.8) is 0 Å². The molecule has 2 N–H and O–H groups in total. The van der Waals surface area contributed by atoms with E-state index in [9.17, 15) is 8.78 Å². The Hall–Kier alpha value is -1.00. The zero-order chi connectivity index (χ0) is 14.0. The third-order valence-corrected chi connectivity index (χ3v) is 4.37. The Morgan fingerprint density at radius 3 is 2.68 bits per heavy atom. The Kier molecular flexibility index (Phi) is 4.53. The van der Waals surface area contributed by atoms with E-state index in [4.69, 9.17) is 5.73 Å². The summed E-state index contributed by atoms with van der Waals surface area (Å²) >= 11 is 0. The molecule has 19 heavy (non-hydrogen) atoms. The molecule has 106 valence electrons. The van der Waals surface area contributed by atoms with Gasteiger partial charge in [0.25, 0.3) is 0 Å². The number of nitrogens with zero attached hydrogens (tertiary/aromatic N) is 1. The highest BCUT2D eigenvalue weighted by molar-refractivity contribution is 5.23. The zero-order valence-electron chi connectivity index (χ0n) is 11.6. The summed E-state index contributed by atoms with van der Waals surface area (Å²) in [5.41, 5.74) is 6.18. The van der Waals surface area contributed by atoms with Crippen molar-refractivity contribution in [2.45, 2.75) is 26.3 Å². The van der Waals surface area contributed by atoms with Crippen LogP contribution in [0.3, 0.4) is 0 Å². The number of likely N-dealkylation sites (tertiary alicyclic amines) is 1. The van der Waals surface area contributed by atoms with Gasteiger partial charge in [0.05, 0.1) is 6.04 Å². The summed E-state index contributed by atoms with van der Waals surface area (Å²) in [6, 6.07) is 4.10. The van der Waals surface area contributed by atoms with Crippen LogP contribution in [-0.4, -0.2) is 24.5 Å². The van der Waals surface area contributed by atoms with E-state index in [2.05, 4.69) is 18.7 Å². The molecule has 1 aliphatic heterocycles. The fourth-order valence-corrected chi connectivity index (χ4v) is 2.83. The average molecular weight is 268 g/mol. The Balaban J connectivity index is 2.22. The van der Waals surface area contributed by atoms with E-state index >= 15 is 0 Å². The van der Waals surface area contributed by atoms with Crippen LogP contribution in [0, 0.1) is 23.5 Å². The van der Waals surface area contributed by atoms with Gasteiger partial charge in [0.15, 0.2) is 11.6 Å². The number of benzene rings is 1. The van der Waals surface area contributed by atoms with Gasteiger partial charge in [-0.2, -0.15) is 0 Å². The molecule has 3 atom stereocenters. The van der Waals surface area contributed by atoms with Crippen molar-refractivity contribution in [3.8, 4) is 0 Å². The molecule has 0 spiro atoms. The minimum Gasteiger partial charge on any atom is -0.329 e. The van der Waals surface area contributed by atoms with Gasteiger partial charge in [-0.25, -0.2) is 8.78 Å². The van der Waals surface area contributed by atoms with E-state index in [1.807, 2.05) is 0 Å². The number of nitrogens with two attached hydrogens (primary N) is 1. The molecule has 1 heterocycles. The Bertz CT molecular complexity index is 436.